The lowest BCUT2D eigenvalue weighted by molar-refractivity contribution is -0.165. The smallest absolute Gasteiger partial charge is 0.455 e. The monoisotopic (exact) mass is 472 g/mol. The van der Waals surface area contributed by atoms with Crippen LogP contribution >= 0.6 is 11.3 Å². The van der Waals surface area contributed by atoms with Crippen LogP contribution in [0.4, 0.5) is 10.6 Å². The number of nitrogens with two attached hydrogens (primary N) is 1. The zero-order chi connectivity index (χ0) is 23.6. The van der Waals surface area contributed by atoms with E-state index in [0.717, 1.165) is 11.3 Å². The van der Waals surface area contributed by atoms with Gasteiger partial charge in [-0.05, 0) is 13.8 Å². The van der Waals surface area contributed by atoms with E-state index in [1.165, 1.54) is 24.6 Å². The lowest BCUT2D eigenvalue weighted by Crippen LogP contribution is -2.42. The van der Waals surface area contributed by atoms with Crippen LogP contribution in [-0.4, -0.2) is 66.2 Å². The first-order valence-corrected chi connectivity index (χ1v) is 10.5. The summed E-state index contributed by atoms with van der Waals surface area (Å²) in [6, 6.07) is 0. The molecular formula is C18H24N4O9S. The van der Waals surface area contributed by atoms with E-state index in [-0.39, 0.29) is 6.61 Å². The molecule has 0 spiro atoms. The number of rotatable bonds is 6. The highest BCUT2D eigenvalue weighted by Crippen LogP contribution is 2.37. The third-order valence-corrected chi connectivity index (χ3v) is 5.24. The second-order valence-corrected chi connectivity index (χ2v) is 8.25. The van der Waals surface area contributed by atoms with Gasteiger partial charge in [-0.15, -0.1) is 0 Å². The van der Waals surface area contributed by atoms with Crippen molar-refractivity contribution in [3.8, 4) is 0 Å². The van der Waals surface area contributed by atoms with Crippen LogP contribution in [0, 0.1) is 0 Å². The Morgan fingerprint density at radius 1 is 1.25 bits per heavy atom. The molecule has 0 aliphatic carbocycles. The molecule has 0 aromatic carbocycles. The molecule has 3 heterocycles. The number of hydrogen-bond donors (Lipinski definition) is 2. The van der Waals surface area contributed by atoms with Gasteiger partial charge < -0.3 is 29.0 Å². The van der Waals surface area contributed by atoms with Crippen LogP contribution in [0.25, 0.3) is 0 Å². The van der Waals surface area contributed by atoms with Crippen LogP contribution in [0.5, 0.6) is 0 Å². The number of thiazole rings is 1. The van der Waals surface area contributed by atoms with E-state index in [1.54, 1.807) is 13.8 Å². The number of aromatic nitrogens is 1. The van der Waals surface area contributed by atoms with Gasteiger partial charge in [0.2, 0.25) is 0 Å². The van der Waals surface area contributed by atoms with Gasteiger partial charge in [0.15, 0.2) is 24.7 Å². The van der Waals surface area contributed by atoms with Gasteiger partial charge in [-0.1, -0.05) is 11.3 Å². The van der Waals surface area contributed by atoms with Gasteiger partial charge in [-0.25, -0.2) is 4.79 Å². The summed E-state index contributed by atoms with van der Waals surface area (Å²) >= 11 is 0.874. The lowest BCUT2D eigenvalue weighted by Gasteiger charge is -2.25. The summed E-state index contributed by atoms with van der Waals surface area (Å²) in [5.41, 5.74) is 5.80. The highest BCUT2D eigenvalue weighted by molar-refractivity contribution is 7.11. The zero-order valence-electron chi connectivity index (χ0n) is 17.8. The quantitative estimate of drug-likeness (QED) is 0.432. The molecule has 3 N–H and O–H groups in total. The van der Waals surface area contributed by atoms with Gasteiger partial charge >= 0.3 is 23.0 Å². The van der Waals surface area contributed by atoms with E-state index in [4.69, 9.17) is 29.4 Å². The van der Waals surface area contributed by atoms with Crippen molar-refractivity contribution in [1.82, 2.24) is 4.57 Å². The van der Waals surface area contributed by atoms with Crippen molar-refractivity contribution >= 4 is 41.5 Å². The van der Waals surface area contributed by atoms with Crippen LogP contribution in [0.3, 0.4) is 0 Å². The summed E-state index contributed by atoms with van der Waals surface area (Å²) in [5.74, 6) is -1.06. The van der Waals surface area contributed by atoms with Gasteiger partial charge in [0.1, 0.15) is 18.5 Å². The fourth-order valence-corrected chi connectivity index (χ4v) is 4.11. The molecule has 5 atom stereocenters. The van der Waals surface area contributed by atoms with Crippen molar-refractivity contribution < 1.29 is 38.1 Å². The van der Waals surface area contributed by atoms with Crippen LogP contribution in [0.15, 0.2) is 9.79 Å². The number of ether oxygens (including phenoxy) is 5. The first-order valence-electron chi connectivity index (χ1n) is 9.70. The molecule has 0 bridgehead atoms. The minimum Gasteiger partial charge on any atom is -0.455 e. The SMILES string of the molecule is CC(=O)O[C@@H]1[C@H](OC(C)=O)[C@@H](COC(=O)OC(C)C)O[C@H]1n1c2c(sc1=O)C=NC(N)N2. The summed E-state index contributed by atoms with van der Waals surface area (Å²) in [4.78, 5) is 52.1. The molecule has 3 rings (SSSR count). The largest absolute Gasteiger partial charge is 0.508 e. The lowest BCUT2D eigenvalue weighted by atomic mass is 10.1. The van der Waals surface area contributed by atoms with Gasteiger partial charge in [0, 0.05) is 20.1 Å². The number of fused-ring (bicyclic) bond motifs is 1. The number of nitrogens with one attached hydrogen (secondary N) is 1. The summed E-state index contributed by atoms with van der Waals surface area (Å²) in [7, 11) is 0. The second kappa shape index (κ2) is 9.67. The number of carbonyl (C=O) groups excluding carboxylic acids is 3. The number of hydrogen-bond acceptors (Lipinski definition) is 13. The molecule has 0 saturated carbocycles. The minimum atomic E-state index is -1.21. The Morgan fingerprint density at radius 2 is 1.91 bits per heavy atom. The predicted octanol–water partition coefficient (Wildman–Crippen LogP) is 0.319. The Bertz CT molecular complexity index is 972. The second-order valence-electron chi connectivity index (χ2n) is 7.26. The van der Waals surface area contributed by atoms with Crippen LogP contribution < -0.4 is 15.9 Å². The summed E-state index contributed by atoms with van der Waals surface area (Å²) in [6.45, 7) is 5.24. The van der Waals surface area contributed by atoms with E-state index >= 15 is 0 Å². The molecule has 1 saturated heterocycles. The Hall–Kier alpha value is -2.97. The summed E-state index contributed by atoms with van der Waals surface area (Å²) in [5, 5.41) is 2.86. The molecule has 2 aliphatic heterocycles. The maximum Gasteiger partial charge on any atom is 0.508 e. The van der Waals surface area contributed by atoms with E-state index < -0.39 is 59.9 Å². The van der Waals surface area contributed by atoms with Crippen LogP contribution in [0.1, 0.15) is 38.8 Å². The standard InChI is InChI=1S/C18H24N4O9S/c1-7(2)28-18(26)27-6-10-12(29-8(3)23)13(30-9(4)24)15(31-10)22-14-11(32-17(22)25)5-20-16(19)21-14/h5,7,10,12-13,15-16,21H,6,19H2,1-4H3/t10-,12-,13-,15-,16?/m1/s1. The van der Waals surface area contributed by atoms with Crippen LogP contribution in [0.2, 0.25) is 0 Å². The Kier molecular flexibility index (Phi) is 7.16. The average Bonchev–Trinajstić information content (AvgIpc) is 3.15. The summed E-state index contributed by atoms with van der Waals surface area (Å²) < 4.78 is 27.8. The molecule has 1 aromatic rings. The molecule has 2 aliphatic rings. The van der Waals surface area contributed by atoms with Gasteiger partial charge in [0.05, 0.1) is 11.0 Å². The van der Waals surface area contributed by atoms with Crippen molar-refractivity contribution in [3.63, 3.8) is 0 Å². The Labute approximate surface area is 186 Å². The Balaban J connectivity index is 1.94. The van der Waals surface area contributed by atoms with E-state index in [1.807, 2.05) is 0 Å². The topological polar surface area (TPSA) is 170 Å². The fourth-order valence-electron chi connectivity index (χ4n) is 3.26. The molecule has 13 nitrogen and oxygen atoms in total. The maximum absolute atomic E-state index is 12.8. The van der Waals surface area contributed by atoms with E-state index in [9.17, 15) is 19.2 Å². The number of aliphatic imine (C=N–C) groups is 1. The molecule has 32 heavy (non-hydrogen) atoms. The summed E-state index contributed by atoms with van der Waals surface area (Å²) in [6.07, 6.45) is -5.34. The molecule has 0 amide bonds. The highest BCUT2D eigenvalue weighted by Gasteiger charge is 2.52. The highest BCUT2D eigenvalue weighted by atomic mass is 32.1. The zero-order valence-corrected chi connectivity index (χ0v) is 18.6. The van der Waals surface area contributed by atoms with Crippen molar-refractivity contribution in [2.75, 3.05) is 11.9 Å². The fraction of sp³-hybridized carbons (Fsp3) is 0.611. The van der Waals surface area contributed by atoms with Crippen molar-refractivity contribution in [2.45, 2.75) is 64.6 Å². The first-order chi connectivity index (χ1) is 15.1. The molecule has 176 valence electrons. The normalized spacial score (nSPS) is 26.2. The van der Waals surface area contributed by atoms with Gasteiger partial charge in [0.25, 0.3) is 0 Å². The minimum absolute atomic E-state index is 0.312. The van der Waals surface area contributed by atoms with E-state index in [2.05, 4.69) is 10.3 Å². The average molecular weight is 472 g/mol. The number of anilines is 1. The van der Waals surface area contributed by atoms with Gasteiger partial charge in [-0.2, -0.15) is 0 Å². The third-order valence-electron chi connectivity index (χ3n) is 4.35. The number of esters is 2. The maximum atomic E-state index is 12.8. The third kappa shape index (κ3) is 5.26. The molecule has 0 radical (unpaired) electrons. The van der Waals surface area contributed by atoms with Crippen molar-refractivity contribution in [3.05, 3.63) is 14.5 Å². The van der Waals surface area contributed by atoms with Crippen molar-refractivity contribution in [1.29, 1.82) is 0 Å². The predicted molar refractivity (Wildman–Crippen MR) is 110 cm³/mol. The number of nitrogens with zero attached hydrogens (tertiary/aromatic N) is 2. The molecule has 14 heteroatoms. The molecule has 1 aromatic heterocycles. The van der Waals surface area contributed by atoms with Crippen molar-refractivity contribution in [2.24, 2.45) is 10.7 Å². The Morgan fingerprint density at radius 3 is 2.53 bits per heavy atom. The first kappa shape index (κ1) is 23.7. The number of carbonyl (C=O) groups is 3. The molecule has 1 unspecified atom stereocenters. The molecule has 1 fully saturated rings. The van der Waals surface area contributed by atoms with E-state index in [0.29, 0.717) is 10.7 Å². The van der Waals surface area contributed by atoms with Gasteiger partial charge in [-0.3, -0.25) is 29.7 Å². The van der Waals surface area contributed by atoms with Crippen LogP contribution in [-0.2, 0) is 33.3 Å². The molecular weight excluding hydrogens is 448 g/mol.